The Labute approximate surface area is 404 Å². The lowest BCUT2D eigenvalue weighted by molar-refractivity contribution is 1.18. The van der Waals surface area contributed by atoms with Gasteiger partial charge in [0.1, 0.15) is 0 Å². The van der Waals surface area contributed by atoms with Crippen LogP contribution in [0.4, 0.5) is 0 Å². The van der Waals surface area contributed by atoms with Crippen LogP contribution in [0.5, 0.6) is 0 Å². The van der Waals surface area contributed by atoms with Gasteiger partial charge in [-0.05, 0) is 100 Å². The summed E-state index contributed by atoms with van der Waals surface area (Å²) in [4.78, 5) is 14.0. The van der Waals surface area contributed by atoms with Gasteiger partial charge in [0.15, 0.2) is 0 Å². The molecule has 0 spiro atoms. The molecule has 0 unspecified atom stereocenters. The molecule has 5 nitrogen and oxygen atoms in total. The fraction of sp³-hybridized carbons (Fsp3) is 0. The summed E-state index contributed by atoms with van der Waals surface area (Å²) < 4.78 is 4.72. The molecule has 0 fully saturated rings. The zero-order valence-corrected chi connectivity index (χ0v) is 38.1. The predicted octanol–water partition coefficient (Wildman–Crippen LogP) is 16.7. The van der Waals surface area contributed by atoms with E-state index in [1.807, 2.05) is 36.9 Å². The molecule has 0 amide bonds. The normalized spacial score (nSPS) is 11.4. The number of nitrogens with zero attached hydrogens (tertiary/aromatic N) is 5. The summed E-state index contributed by atoms with van der Waals surface area (Å²) in [6.07, 6.45) is 7.68. The third-order valence-corrected chi connectivity index (χ3v) is 13.6. The third kappa shape index (κ3) is 7.08. The van der Waals surface area contributed by atoms with Crippen molar-refractivity contribution in [2.75, 3.05) is 0 Å². The molecular formula is C65H43N5. The summed E-state index contributed by atoms with van der Waals surface area (Å²) in [6.45, 7) is 0. The minimum absolute atomic E-state index is 0.946. The Kier molecular flexibility index (Phi) is 10.1. The second-order valence-electron chi connectivity index (χ2n) is 17.6. The fourth-order valence-corrected chi connectivity index (χ4v) is 10.4. The maximum absolute atomic E-state index is 4.71. The fourth-order valence-electron chi connectivity index (χ4n) is 10.4. The van der Waals surface area contributed by atoms with Crippen molar-refractivity contribution >= 4 is 65.4 Å². The maximum Gasteiger partial charge on any atom is 0.0970 e. The van der Waals surface area contributed by atoms with Gasteiger partial charge in [0.25, 0.3) is 0 Å². The van der Waals surface area contributed by atoms with Crippen LogP contribution in [-0.4, -0.2) is 24.1 Å². The number of benzene rings is 9. The highest BCUT2D eigenvalue weighted by Crippen LogP contribution is 2.38. The van der Waals surface area contributed by atoms with Crippen molar-refractivity contribution in [1.82, 2.24) is 24.1 Å². The molecule has 328 valence electrons. The predicted molar refractivity (Wildman–Crippen MR) is 292 cm³/mol. The summed E-state index contributed by atoms with van der Waals surface area (Å²) >= 11 is 0. The number of rotatable bonds is 6. The monoisotopic (exact) mass is 893 g/mol. The van der Waals surface area contributed by atoms with E-state index in [2.05, 4.69) is 244 Å². The van der Waals surface area contributed by atoms with E-state index in [1.165, 1.54) is 65.9 Å². The molecule has 9 aromatic carbocycles. The molecule has 0 saturated carbocycles. The topological polar surface area (TPSA) is 48.5 Å². The van der Waals surface area contributed by atoms with Gasteiger partial charge in [-0.3, -0.25) is 15.0 Å². The Morgan fingerprint density at radius 3 is 1.01 bits per heavy atom. The van der Waals surface area contributed by atoms with Crippen LogP contribution >= 0.6 is 0 Å². The Bertz CT molecular complexity index is 3870. The van der Waals surface area contributed by atoms with E-state index in [9.17, 15) is 0 Å². The van der Waals surface area contributed by atoms with Gasteiger partial charge in [-0.2, -0.15) is 0 Å². The van der Waals surface area contributed by atoms with E-state index < -0.39 is 0 Å². The second kappa shape index (κ2) is 17.3. The van der Waals surface area contributed by atoms with Gasteiger partial charge < -0.3 is 9.13 Å². The second-order valence-corrected chi connectivity index (χ2v) is 17.6. The van der Waals surface area contributed by atoms with Crippen molar-refractivity contribution < 1.29 is 0 Å². The summed E-state index contributed by atoms with van der Waals surface area (Å²) in [5, 5.41) is 7.31. The summed E-state index contributed by atoms with van der Waals surface area (Å²) in [6, 6.07) is 83.7. The quantitative estimate of drug-likeness (QED) is 0.156. The standard InChI is InChI=1S/C41H27N3.C24H16N2/c1-5-19-38-34(15-1)35-16-2-6-20-39(35)43(38)32-13-9-11-28(24-32)30-23-31(27-42-26-30)29-12-10-14-33(25-29)44-40-21-7-3-17-36(40)37-18-4-8-22-41(37)44;1-3-7-17(8-4-1)19-13-15-25-23-21(19)11-12-22-20(14-16-26-24(22)23)18-9-5-2-6-10-18/h1-27H;1-16H. The number of pyridine rings is 3. The summed E-state index contributed by atoms with van der Waals surface area (Å²) in [5.74, 6) is 0. The maximum atomic E-state index is 4.71. The first-order valence-corrected chi connectivity index (χ1v) is 23.7. The molecule has 0 bridgehead atoms. The van der Waals surface area contributed by atoms with Gasteiger partial charge >= 0.3 is 0 Å². The number of aromatic nitrogens is 5. The first kappa shape index (κ1) is 40.8. The Morgan fingerprint density at radius 2 is 0.614 bits per heavy atom. The largest absolute Gasteiger partial charge is 0.309 e. The highest BCUT2D eigenvalue weighted by atomic mass is 15.0. The number of hydrogen-bond donors (Lipinski definition) is 0. The Hall–Kier alpha value is -9.45. The first-order valence-electron chi connectivity index (χ1n) is 23.7. The lowest BCUT2D eigenvalue weighted by Crippen LogP contribution is -1.95. The van der Waals surface area contributed by atoms with Crippen molar-refractivity contribution in [2.24, 2.45) is 0 Å². The third-order valence-electron chi connectivity index (χ3n) is 13.6. The van der Waals surface area contributed by atoms with E-state index in [0.717, 1.165) is 55.4 Å². The molecule has 0 radical (unpaired) electrons. The molecule has 0 N–H and O–H groups in total. The van der Waals surface area contributed by atoms with E-state index in [0.29, 0.717) is 0 Å². The van der Waals surface area contributed by atoms with Crippen LogP contribution in [-0.2, 0) is 0 Å². The highest BCUT2D eigenvalue weighted by Gasteiger charge is 2.16. The van der Waals surface area contributed by atoms with Crippen LogP contribution in [0.15, 0.2) is 261 Å². The van der Waals surface area contributed by atoms with Crippen LogP contribution < -0.4 is 0 Å². The van der Waals surface area contributed by atoms with Gasteiger partial charge in [-0.15, -0.1) is 0 Å². The van der Waals surface area contributed by atoms with E-state index in [4.69, 9.17) is 4.98 Å². The first-order chi connectivity index (χ1) is 34.7. The molecule has 0 aliphatic heterocycles. The van der Waals surface area contributed by atoms with Crippen molar-refractivity contribution in [2.45, 2.75) is 0 Å². The number of para-hydroxylation sites is 4. The van der Waals surface area contributed by atoms with Crippen molar-refractivity contribution in [3.05, 3.63) is 261 Å². The Morgan fingerprint density at radius 1 is 0.257 bits per heavy atom. The van der Waals surface area contributed by atoms with E-state index in [-0.39, 0.29) is 0 Å². The molecule has 5 heteroatoms. The van der Waals surface area contributed by atoms with E-state index in [1.54, 1.807) is 0 Å². The van der Waals surface area contributed by atoms with Crippen molar-refractivity contribution in [3.63, 3.8) is 0 Å². The molecular weight excluding hydrogens is 851 g/mol. The minimum atomic E-state index is 0.946. The SMILES string of the molecule is c1cc(-c2cncc(-c3cccc(-n4c5ccccc5c5ccccc54)c3)c2)cc(-n2c3ccccc3c3ccccc32)c1.c1ccc(-c2ccnc3c2ccc2c(-c4ccccc4)ccnc23)cc1. The lowest BCUT2D eigenvalue weighted by Gasteiger charge is -2.12. The average Bonchev–Trinajstić information content (AvgIpc) is 3.97. The van der Waals surface area contributed by atoms with Crippen LogP contribution in [0, 0.1) is 0 Å². The van der Waals surface area contributed by atoms with Crippen LogP contribution in [0.25, 0.3) is 121 Å². The molecule has 5 aromatic heterocycles. The number of hydrogen-bond acceptors (Lipinski definition) is 3. The molecule has 0 aliphatic rings. The summed E-state index contributed by atoms with van der Waals surface area (Å²) in [5.41, 5.74) is 18.2. The molecule has 14 aromatic rings. The number of fused-ring (bicyclic) bond motifs is 9. The van der Waals surface area contributed by atoms with Crippen molar-refractivity contribution in [3.8, 4) is 55.9 Å². The van der Waals surface area contributed by atoms with Gasteiger partial charge in [0.2, 0.25) is 0 Å². The van der Waals surface area contributed by atoms with Gasteiger partial charge in [0.05, 0.1) is 33.1 Å². The molecule has 5 heterocycles. The minimum Gasteiger partial charge on any atom is -0.309 e. The van der Waals surface area contributed by atoms with Crippen LogP contribution in [0.1, 0.15) is 0 Å². The zero-order valence-electron chi connectivity index (χ0n) is 38.1. The Balaban J connectivity index is 0.000000157. The highest BCUT2D eigenvalue weighted by molar-refractivity contribution is 6.12. The molecule has 70 heavy (non-hydrogen) atoms. The zero-order chi connectivity index (χ0) is 46.4. The van der Waals surface area contributed by atoms with Gasteiger partial charge in [-0.1, -0.05) is 170 Å². The molecule has 0 atom stereocenters. The van der Waals surface area contributed by atoms with Gasteiger partial charge in [-0.25, -0.2) is 0 Å². The van der Waals surface area contributed by atoms with E-state index >= 15 is 0 Å². The van der Waals surface area contributed by atoms with Gasteiger partial charge in [0, 0.05) is 79.6 Å². The summed E-state index contributed by atoms with van der Waals surface area (Å²) in [7, 11) is 0. The van der Waals surface area contributed by atoms with Crippen LogP contribution in [0.3, 0.4) is 0 Å². The smallest absolute Gasteiger partial charge is 0.0970 e. The molecule has 0 saturated heterocycles. The lowest BCUT2D eigenvalue weighted by atomic mass is 9.97. The van der Waals surface area contributed by atoms with Crippen molar-refractivity contribution in [1.29, 1.82) is 0 Å². The molecule has 14 rings (SSSR count). The van der Waals surface area contributed by atoms with Crippen LogP contribution in [0.2, 0.25) is 0 Å². The molecule has 0 aliphatic carbocycles. The average molecular weight is 894 g/mol.